The molecule has 4 saturated carbocycles. The number of rotatable bonds is 6. The molecule has 1 aromatic heterocycles. The van der Waals surface area contributed by atoms with E-state index < -0.39 is 0 Å². The number of hydrogen-bond acceptors (Lipinski definition) is 5. The maximum atomic E-state index is 13.2. The molecule has 0 aliphatic heterocycles. The molecule has 1 heterocycles. The van der Waals surface area contributed by atoms with E-state index in [-0.39, 0.29) is 33.8 Å². The quantitative estimate of drug-likeness (QED) is 0.245. The first-order valence-corrected chi connectivity index (χ1v) is 18.8. The van der Waals surface area contributed by atoms with Crippen LogP contribution in [0.3, 0.4) is 0 Å². The molecule has 5 aliphatic rings. The van der Waals surface area contributed by atoms with Crippen molar-refractivity contribution in [2.75, 3.05) is 6.61 Å². The highest BCUT2D eigenvalue weighted by Crippen LogP contribution is 2.77. The van der Waals surface area contributed by atoms with Gasteiger partial charge in [-0.3, -0.25) is 5.10 Å². The van der Waals surface area contributed by atoms with E-state index in [0.29, 0.717) is 47.2 Å². The summed E-state index contributed by atoms with van der Waals surface area (Å²) in [6.45, 7) is 22.7. The minimum absolute atomic E-state index is 0.0634. The number of benzene rings is 1. The van der Waals surface area contributed by atoms with E-state index >= 15 is 0 Å². The molecule has 4 fully saturated rings. The number of allylic oxidation sites excluding steroid dienone is 3. The van der Waals surface area contributed by atoms with Crippen molar-refractivity contribution in [3.8, 4) is 0 Å². The number of aromatic amines is 1. The maximum Gasteiger partial charge on any atom is 0.373 e. The summed E-state index contributed by atoms with van der Waals surface area (Å²) >= 11 is 0. The molecule has 0 amide bonds. The fraction of sp³-hybridized carbons (Fsp3) is 0.651. The number of H-pyrrole nitrogens is 1. The Kier molecular flexibility index (Phi) is 9.31. The third kappa shape index (κ3) is 5.43. The van der Waals surface area contributed by atoms with Crippen LogP contribution in [0.1, 0.15) is 128 Å². The summed E-state index contributed by atoms with van der Waals surface area (Å²) in [5.41, 5.74) is 6.84. The number of esters is 1. The summed E-state index contributed by atoms with van der Waals surface area (Å²) < 4.78 is 6.23. The van der Waals surface area contributed by atoms with Gasteiger partial charge >= 0.3 is 12.1 Å². The Hall–Kier alpha value is -3.24. The van der Waals surface area contributed by atoms with Gasteiger partial charge < -0.3 is 4.74 Å². The molecule has 264 valence electrons. The predicted octanol–water partition coefficient (Wildman–Crippen LogP) is 9.90. The van der Waals surface area contributed by atoms with Crippen LogP contribution in [-0.2, 0) is 20.7 Å². The van der Waals surface area contributed by atoms with E-state index in [0.717, 1.165) is 31.4 Å². The van der Waals surface area contributed by atoms with Crippen molar-refractivity contribution in [1.29, 1.82) is 0 Å². The lowest BCUT2D eigenvalue weighted by molar-refractivity contribution is -0.228. The fourth-order valence-electron chi connectivity index (χ4n) is 13.1. The Morgan fingerprint density at radius 2 is 1.67 bits per heavy atom. The molecule has 5 aliphatic carbocycles. The van der Waals surface area contributed by atoms with Gasteiger partial charge in [0, 0.05) is 11.1 Å². The van der Waals surface area contributed by atoms with Gasteiger partial charge in [-0.1, -0.05) is 78.0 Å². The highest BCUT2D eigenvalue weighted by molar-refractivity contribution is 5.89. The summed E-state index contributed by atoms with van der Waals surface area (Å²) in [4.78, 5) is 29.4. The fourth-order valence-corrected chi connectivity index (χ4v) is 13.1. The molecule has 0 spiro atoms. The van der Waals surface area contributed by atoms with Crippen molar-refractivity contribution in [2.24, 2.45) is 56.7 Å². The Balaban J connectivity index is 0.00000134. The molecular formula is C43H58N2O4. The molecule has 0 bridgehead atoms. The number of hydrogen-bond donors (Lipinski definition) is 1. The van der Waals surface area contributed by atoms with Crippen LogP contribution in [0, 0.1) is 56.7 Å². The molecule has 9 atom stereocenters. The molecule has 1 aromatic carbocycles. The summed E-state index contributed by atoms with van der Waals surface area (Å²) in [6.07, 6.45) is 14.9. The van der Waals surface area contributed by atoms with Gasteiger partial charge in [0.1, 0.15) is 0 Å². The zero-order valence-corrected chi connectivity index (χ0v) is 31.0. The molecule has 49 heavy (non-hydrogen) atoms. The van der Waals surface area contributed by atoms with Crippen LogP contribution < -0.4 is 0 Å². The molecular weight excluding hydrogens is 608 g/mol. The van der Waals surface area contributed by atoms with E-state index in [9.17, 15) is 4.79 Å². The van der Waals surface area contributed by atoms with Gasteiger partial charge in [0.05, 0.1) is 17.9 Å². The zero-order valence-electron chi connectivity index (χ0n) is 31.0. The first kappa shape index (κ1) is 35.6. The molecule has 1 N–H and O–H groups in total. The smallest absolute Gasteiger partial charge is 0.373 e. The van der Waals surface area contributed by atoms with Crippen molar-refractivity contribution in [2.45, 2.75) is 113 Å². The topological polar surface area (TPSA) is 89.1 Å². The number of carbonyl (C=O) groups is 1. The van der Waals surface area contributed by atoms with Crippen molar-refractivity contribution >= 4 is 17.7 Å². The van der Waals surface area contributed by atoms with Crippen LogP contribution in [0.5, 0.6) is 0 Å². The van der Waals surface area contributed by atoms with Gasteiger partial charge in [-0.05, 0) is 146 Å². The van der Waals surface area contributed by atoms with Gasteiger partial charge in [0.25, 0.3) is 0 Å². The first-order chi connectivity index (χ1) is 23.2. The second kappa shape index (κ2) is 12.8. The second-order valence-electron chi connectivity index (χ2n) is 17.7. The van der Waals surface area contributed by atoms with Crippen LogP contribution in [0.25, 0.3) is 5.57 Å². The van der Waals surface area contributed by atoms with Crippen LogP contribution in [0.4, 0.5) is 0 Å². The number of aromatic nitrogens is 2. The number of ether oxygens (including phenoxy) is 1. The average molecular weight is 667 g/mol. The molecule has 0 saturated heterocycles. The van der Waals surface area contributed by atoms with Crippen LogP contribution in [0.15, 0.2) is 54.6 Å². The monoisotopic (exact) mass is 666 g/mol. The van der Waals surface area contributed by atoms with E-state index in [1.807, 2.05) is 30.3 Å². The third-order valence-corrected chi connectivity index (χ3v) is 15.6. The van der Waals surface area contributed by atoms with Crippen LogP contribution >= 0.6 is 0 Å². The largest absolute Gasteiger partial charge is 0.461 e. The summed E-state index contributed by atoms with van der Waals surface area (Å²) in [6, 6.07) is 11.9. The third-order valence-electron chi connectivity index (χ3n) is 15.6. The highest BCUT2D eigenvalue weighted by atomic mass is 16.5. The van der Waals surface area contributed by atoms with Crippen LogP contribution in [-0.4, -0.2) is 28.9 Å². The standard InChI is InChI=1S/C42H58N2O2.CO2/c1-9-29-25-33(44-43-29)31-18-20-39(6)34(38(31,4)5)19-21-41(8)35(39)16-15-32-36-30(27(2)3)17-22-42(36,24-23-40(32,41)7)26-46-37(45)28-13-11-10-12-14-28;2-1-3/h10-14,18,25,30,32,34-36H,2,9,15-17,19-24,26H2,1,3-8H3,(H,43,44);/t30-,32+,34-,35+,36+,39-,40+,41+,42+;/m0./s1. The Labute approximate surface area is 293 Å². The normalized spacial score (nSPS) is 38.6. The zero-order chi connectivity index (χ0) is 35.4. The molecule has 0 unspecified atom stereocenters. The minimum atomic E-state index is -0.171. The lowest BCUT2D eigenvalue weighted by atomic mass is 9.32. The SMILES string of the molecule is C=C(C)[C@@H]1CC[C@]2(COC(=O)c3ccccc3)CC[C@]3(C)[C@H](CC[C@@H]4[C@@]5(C)CC=C(c6cc(CC)[nH]n6)C(C)(C)[C@@H]5CC[C@]43C)[C@@H]12.O=C=O. The van der Waals surface area contributed by atoms with Gasteiger partial charge in [-0.2, -0.15) is 14.7 Å². The van der Waals surface area contributed by atoms with E-state index in [2.05, 4.69) is 72.3 Å². The molecule has 7 rings (SSSR count). The summed E-state index contributed by atoms with van der Waals surface area (Å²) in [5, 5.41) is 8.09. The molecule has 6 nitrogen and oxygen atoms in total. The number of nitrogens with one attached hydrogen (secondary N) is 1. The number of carbonyl (C=O) groups excluding carboxylic acids is 3. The summed E-state index contributed by atoms with van der Waals surface area (Å²) in [5.74, 6) is 2.88. The van der Waals surface area contributed by atoms with Crippen molar-refractivity contribution in [3.63, 3.8) is 0 Å². The van der Waals surface area contributed by atoms with Gasteiger partial charge in [-0.15, -0.1) is 0 Å². The summed E-state index contributed by atoms with van der Waals surface area (Å²) in [7, 11) is 0. The Morgan fingerprint density at radius 1 is 0.959 bits per heavy atom. The van der Waals surface area contributed by atoms with E-state index in [1.54, 1.807) is 0 Å². The molecule has 0 radical (unpaired) electrons. The average Bonchev–Trinajstić information content (AvgIpc) is 3.70. The second-order valence-corrected chi connectivity index (χ2v) is 17.7. The number of fused-ring (bicyclic) bond motifs is 7. The molecule has 2 aromatic rings. The van der Waals surface area contributed by atoms with Crippen molar-refractivity contribution in [1.82, 2.24) is 10.2 Å². The molecule has 6 heteroatoms. The lowest BCUT2D eigenvalue weighted by Gasteiger charge is -2.72. The Morgan fingerprint density at radius 3 is 2.33 bits per heavy atom. The lowest BCUT2D eigenvalue weighted by Crippen LogP contribution is -2.65. The predicted molar refractivity (Wildman–Crippen MR) is 192 cm³/mol. The van der Waals surface area contributed by atoms with Crippen molar-refractivity contribution in [3.05, 3.63) is 71.6 Å². The van der Waals surface area contributed by atoms with Gasteiger partial charge in [-0.25, -0.2) is 4.79 Å². The van der Waals surface area contributed by atoms with Gasteiger partial charge in [0.15, 0.2) is 0 Å². The number of nitrogens with zero attached hydrogens (tertiary/aromatic N) is 1. The highest BCUT2D eigenvalue weighted by Gasteiger charge is 2.70. The van der Waals surface area contributed by atoms with E-state index in [1.165, 1.54) is 55.4 Å². The van der Waals surface area contributed by atoms with Crippen LogP contribution in [0.2, 0.25) is 0 Å². The van der Waals surface area contributed by atoms with Crippen molar-refractivity contribution < 1.29 is 19.1 Å². The Bertz CT molecular complexity index is 1630. The number of aryl methyl sites for hydroxylation is 1. The van der Waals surface area contributed by atoms with E-state index in [4.69, 9.17) is 19.4 Å². The maximum absolute atomic E-state index is 13.2. The minimum Gasteiger partial charge on any atom is -0.461 e. The first-order valence-electron chi connectivity index (χ1n) is 18.8. The van der Waals surface area contributed by atoms with Gasteiger partial charge in [0.2, 0.25) is 0 Å².